The van der Waals surface area contributed by atoms with E-state index in [0.717, 1.165) is 41.7 Å². The van der Waals surface area contributed by atoms with Gasteiger partial charge in [0.1, 0.15) is 5.82 Å². The summed E-state index contributed by atoms with van der Waals surface area (Å²) in [4.78, 5) is 0. The first kappa shape index (κ1) is 25.9. The molecule has 4 heteroatoms. The summed E-state index contributed by atoms with van der Waals surface area (Å²) >= 11 is 0. The van der Waals surface area contributed by atoms with Gasteiger partial charge < -0.3 is 4.74 Å². The van der Waals surface area contributed by atoms with E-state index < -0.39 is 11.6 Å². The molecule has 196 valence electrons. The molecule has 0 spiro atoms. The fraction of sp³-hybridized carbons (Fsp3) is 0.455. The third-order valence-corrected chi connectivity index (χ3v) is 8.82. The van der Waals surface area contributed by atoms with E-state index in [-0.39, 0.29) is 23.7 Å². The number of hydrogen-bond donors (Lipinski definition) is 0. The molecule has 0 saturated heterocycles. The molecule has 0 N–H and O–H groups in total. The Labute approximate surface area is 219 Å². The summed E-state index contributed by atoms with van der Waals surface area (Å²) in [6, 6.07) is 15.5. The first-order valence-corrected chi connectivity index (χ1v) is 14.0. The summed E-state index contributed by atoms with van der Waals surface area (Å²) in [6.07, 6.45) is 10.4. The summed E-state index contributed by atoms with van der Waals surface area (Å²) in [6.45, 7) is 4.36. The quantitative estimate of drug-likeness (QED) is 0.323. The van der Waals surface area contributed by atoms with E-state index >= 15 is 4.39 Å². The van der Waals surface area contributed by atoms with E-state index in [9.17, 15) is 8.78 Å². The third kappa shape index (κ3) is 5.58. The van der Waals surface area contributed by atoms with Crippen LogP contribution in [0.3, 0.4) is 0 Å². The maximum Gasteiger partial charge on any atom is 0.201 e. The van der Waals surface area contributed by atoms with Gasteiger partial charge in [0.25, 0.3) is 0 Å². The number of ether oxygens (including phenoxy) is 1. The minimum absolute atomic E-state index is 0.0976. The maximum atomic E-state index is 15.2. The van der Waals surface area contributed by atoms with Gasteiger partial charge in [-0.2, -0.15) is 4.39 Å². The van der Waals surface area contributed by atoms with Crippen molar-refractivity contribution in [3.63, 3.8) is 0 Å². The second-order valence-corrected chi connectivity index (χ2v) is 11.1. The Balaban J connectivity index is 1.26. The van der Waals surface area contributed by atoms with Crippen molar-refractivity contribution < 1.29 is 17.9 Å². The van der Waals surface area contributed by atoms with E-state index in [4.69, 9.17) is 4.74 Å². The van der Waals surface area contributed by atoms with Gasteiger partial charge in [-0.3, -0.25) is 0 Å². The van der Waals surface area contributed by atoms with Crippen molar-refractivity contribution in [1.82, 2.24) is 0 Å². The van der Waals surface area contributed by atoms with Crippen molar-refractivity contribution >= 4 is 0 Å². The van der Waals surface area contributed by atoms with Crippen LogP contribution in [-0.2, 0) is 0 Å². The van der Waals surface area contributed by atoms with E-state index in [0.29, 0.717) is 17.0 Å². The lowest BCUT2D eigenvalue weighted by atomic mass is 9.68. The van der Waals surface area contributed by atoms with Crippen LogP contribution in [-0.4, -0.2) is 6.61 Å². The number of halogens is 3. The Morgan fingerprint density at radius 2 is 1.24 bits per heavy atom. The van der Waals surface area contributed by atoms with Gasteiger partial charge in [0, 0.05) is 11.1 Å². The van der Waals surface area contributed by atoms with Gasteiger partial charge in [0.05, 0.1) is 6.61 Å². The van der Waals surface area contributed by atoms with Crippen LogP contribution >= 0.6 is 0 Å². The van der Waals surface area contributed by atoms with Crippen molar-refractivity contribution in [2.24, 2.45) is 17.8 Å². The smallest absolute Gasteiger partial charge is 0.201 e. The lowest BCUT2D eigenvalue weighted by Gasteiger charge is -2.37. The molecule has 0 heterocycles. The first-order valence-electron chi connectivity index (χ1n) is 14.0. The Bertz CT molecular complexity index is 1200. The predicted molar refractivity (Wildman–Crippen MR) is 144 cm³/mol. The second kappa shape index (κ2) is 11.3. The van der Waals surface area contributed by atoms with Gasteiger partial charge in [-0.05, 0) is 104 Å². The van der Waals surface area contributed by atoms with E-state index in [2.05, 4.69) is 13.0 Å². The first-order chi connectivity index (χ1) is 17.9. The summed E-state index contributed by atoms with van der Waals surface area (Å²) in [7, 11) is 0. The van der Waals surface area contributed by atoms with Crippen LogP contribution in [0, 0.1) is 35.2 Å². The number of hydrogen-bond acceptors (Lipinski definition) is 1. The topological polar surface area (TPSA) is 9.23 Å². The van der Waals surface area contributed by atoms with Crippen LogP contribution in [0.4, 0.5) is 13.2 Å². The molecule has 37 heavy (non-hydrogen) atoms. The van der Waals surface area contributed by atoms with E-state index in [1.807, 2.05) is 6.07 Å². The third-order valence-electron chi connectivity index (χ3n) is 8.82. The van der Waals surface area contributed by atoms with Gasteiger partial charge in [0.2, 0.25) is 5.82 Å². The Morgan fingerprint density at radius 3 is 1.84 bits per heavy atom. The highest BCUT2D eigenvalue weighted by Gasteiger charge is 2.30. The monoisotopic (exact) mass is 506 g/mol. The van der Waals surface area contributed by atoms with E-state index in [1.54, 1.807) is 37.3 Å². The second-order valence-electron chi connectivity index (χ2n) is 11.1. The van der Waals surface area contributed by atoms with E-state index in [1.165, 1.54) is 50.7 Å². The average molecular weight is 507 g/mol. The van der Waals surface area contributed by atoms with Gasteiger partial charge >= 0.3 is 0 Å². The van der Waals surface area contributed by atoms with Crippen LogP contribution in [0.5, 0.6) is 5.75 Å². The molecule has 1 nitrogen and oxygen atoms in total. The van der Waals surface area contributed by atoms with Crippen molar-refractivity contribution in [3.05, 3.63) is 77.6 Å². The summed E-state index contributed by atoms with van der Waals surface area (Å²) in [5.74, 6) is 0.803. The van der Waals surface area contributed by atoms with Crippen molar-refractivity contribution in [3.8, 4) is 28.0 Å². The molecule has 2 aliphatic rings. The van der Waals surface area contributed by atoms with Crippen molar-refractivity contribution in [2.45, 2.75) is 71.1 Å². The molecular weight excluding hydrogens is 469 g/mol. The molecule has 0 atom stereocenters. The normalized spacial score (nSPS) is 24.1. The molecule has 2 fully saturated rings. The van der Waals surface area contributed by atoms with Gasteiger partial charge in [-0.25, -0.2) is 8.78 Å². The lowest BCUT2D eigenvalue weighted by molar-refractivity contribution is 0.165. The number of benzene rings is 3. The van der Waals surface area contributed by atoms with Gasteiger partial charge in [-0.15, -0.1) is 0 Å². The Morgan fingerprint density at radius 1 is 0.676 bits per heavy atom. The molecule has 0 aliphatic heterocycles. The molecule has 2 aliphatic carbocycles. The fourth-order valence-electron chi connectivity index (χ4n) is 6.55. The predicted octanol–water partition coefficient (Wildman–Crippen LogP) is 9.94. The molecule has 0 unspecified atom stereocenters. The minimum Gasteiger partial charge on any atom is -0.491 e. The van der Waals surface area contributed by atoms with Gasteiger partial charge in [-0.1, -0.05) is 56.2 Å². The molecule has 3 aromatic rings. The molecule has 0 radical (unpaired) electrons. The standard InChI is InChI=1S/C33H37F3O/c1-3-37-31-19-18-29(32(35)33(31)36)26-14-12-25(13-15-26)28-17-16-27(20-30(28)34)24-10-8-23(9-11-24)22-6-4-21(2)5-7-22/h12-24H,3-11H2,1-2H3. The Hall–Kier alpha value is -2.75. The highest BCUT2D eigenvalue weighted by Crippen LogP contribution is 2.44. The van der Waals surface area contributed by atoms with Crippen LogP contribution in [0.1, 0.15) is 76.7 Å². The van der Waals surface area contributed by atoms with Gasteiger partial charge in [0.15, 0.2) is 11.6 Å². The molecule has 0 aromatic heterocycles. The SMILES string of the molecule is CCOc1ccc(-c2ccc(-c3ccc(C4CCC(C5CCC(C)CC5)CC4)cc3F)cc2)c(F)c1F. The highest BCUT2D eigenvalue weighted by atomic mass is 19.2. The molecular formula is C33H37F3O. The zero-order valence-corrected chi connectivity index (χ0v) is 21.9. The average Bonchev–Trinajstić information content (AvgIpc) is 2.92. The van der Waals surface area contributed by atoms with Crippen LogP contribution in [0.2, 0.25) is 0 Å². The molecule has 5 rings (SSSR count). The molecule has 3 aromatic carbocycles. The fourth-order valence-corrected chi connectivity index (χ4v) is 6.55. The molecule has 0 amide bonds. The van der Waals surface area contributed by atoms with Crippen molar-refractivity contribution in [2.75, 3.05) is 6.61 Å². The highest BCUT2D eigenvalue weighted by molar-refractivity contribution is 5.71. The number of rotatable bonds is 6. The van der Waals surface area contributed by atoms with Crippen molar-refractivity contribution in [1.29, 1.82) is 0 Å². The van der Waals surface area contributed by atoms with Crippen LogP contribution in [0.25, 0.3) is 22.3 Å². The van der Waals surface area contributed by atoms with Crippen LogP contribution in [0.15, 0.2) is 54.6 Å². The summed E-state index contributed by atoms with van der Waals surface area (Å²) in [5.41, 5.74) is 3.03. The minimum atomic E-state index is -0.993. The largest absolute Gasteiger partial charge is 0.491 e. The summed E-state index contributed by atoms with van der Waals surface area (Å²) < 4.78 is 49.3. The Kier molecular flexibility index (Phi) is 7.92. The zero-order chi connectivity index (χ0) is 25.9. The molecule has 0 bridgehead atoms. The lowest BCUT2D eigenvalue weighted by Crippen LogP contribution is -2.24. The molecule has 2 saturated carbocycles. The van der Waals surface area contributed by atoms with Crippen LogP contribution < -0.4 is 4.74 Å². The zero-order valence-electron chi connectivity index (χ0n) is 21.9. The maximum absolute atomic E-state index is 15.2. The summed E-state index contributed by atoms with van der Waals surface area (Å²) in [5, 5.41) is 0.